The molecule has 0 aliphatic carbocycles. The maximum Gasteiger partial charge on any atom is 0.329 e. The number of carbonyl (C=O) groups is 1. The van der Waals surface area contributed by atoms with Crippen molar-refractivity contribution in [2.45, 2.75) is 12.5 Å². The third-order valence-electron chi connectivity index (χ3n) is 2.42. The van der Waals surface area contributed by atoms with Crippen LogP contribution in [0.2, 0.25) is 0 Å². The van der Waals surface area contributed by atoms with Gasteiger partial charge in [-0.05, 0) is 12.5 Å². The third kappa shape index (κ3) is 2.66. The molecule has 1 atom stereocenters. The summed E-state index contributed by atoms with van der Waals surface area (Å²) in [5, 5.41) is 8.49. The van der Waals surface area contributed by atoms with Crippen LogP contribution in [0, 0.1) is 0 Å². The van der Waals surface area contributed by atoms with Gasteiger partial charge in [-0.15, -0.1) is 0 Å². The first kappa shape index (κ1) is 10.8. The number of aliphatic carboxylic acids is 1. The molecule has 0 radical (unpaired) electrons. The van der Waals surface area contributed by atoms with Gasteiger partial charge in [-0.1, -0.05) is 0 Å². The van der Waals surface area contributed by atoms with Crippen molar-refractivity contribution in [3.8, 4) is 0 Å². The fourth-order valence-electron chi connectivity index (χ4n) is 1.69. The van der Waals surface area contributed by atoms with Crippen LogP contribution >= 0.6 is 0 Å². The predicted molar refractivity (Wildman–Crippen MR) is 56.2 cm³/mol. The van der Waals surface area contributed by atoms with Crippen molar-refractivity contribution in [1.82, 2.24) is 9.97 Å². The van der Waals surface area contributed by atoms with Crippen molar-refractivity contribution < 1.29 is 14.6 Å². The van der Waals surface area contributed by atoms with Crippen molar-refractivity contribution in [2.24, 2.45) is 0 Å². The Kier molecular flexibility index (Phi) is 3.31. The topological polar surface area (TPSA) is 75.6 Å². The van der Waals surface area contributed by atoms with Gasteiger partial charge in [-0.3, -0.25) is 0 Å². The third-order valence-corrected chi connectivity index (χ3v) is 2.42. The van der Waals surface area contributed by atoms with Crippen LogP contribution < -0.4 is 4.90 Å². The van der Waals surface area contributed by atoms with E-state index in [4.69, 9.17) is 9.84 Å². The van der Waals surface area contributed by atoms with Crippen LogP contribution in [0.15, 0.2) is 18.5 Å². The summed E-state index contributed by atoms with van der Waals surface area (Å²) in [7, 11) is 0. The minimum atomic E-state index is -0.936. The van der Waals surface area contributed by atoms with Gasteiger partial charge in [0, 0.05) is 25.5 Å². The first-order chi connectivity index (χ1) is 7.75. The molecule has 2 heterocycles. The summed E-state index contributed by atoms with van der Waals surface area (Å²) in [4.78, 5) is 20.6. The number of anilines is 1. The summed E-state index contributed by atoms with van der Waals surface area (Å²) in [6.07, 6.45) is 4.15. The molecule has 0 spiro atoms. The molecule has 1 aliphatic heterocycles. The van der Waals surface area contributed by atoms with Gasteiger partial charge in [0.2, 0.25) is 5.95 Å². The molecule has 0 saturated carbocycles. The van der Waals surface area contributed by atoms with E-state index in [0.717, 1.165) is 13.0 Å². The molecule has 0 unspecified atom stereocenters. The van der Waals surface area contributed by atoms with Crippen molar-refractivity contribution in [1.29, 1.82) is 0 Å². The number of rotatable bonds is 4. The SMILES string of the molecule is O=C(O)CO[C@H]1CCN(c2ncccn2)C1. The predicted octanol–water partition coefficient (Wildman–Crippen LogP) is 0.156. The molecule has 6 nitrogen and oxygen atoms in total. The van der Waals surface area contributed by atoms with E-state index in [0.29, 0.717) is 12.5 Å². The number of hydrogen-bond acceptors (Lipinski definition) is 5. The lowest BCUT2D eigenvalue weighted by Gasteiger charge is -2.15. The second-order valence-corrected chi connectivity index (χ2v) is 3.61. The highest BCUT2D eigenvalue weighted by Crippen LogP contribution is 2.17. The summed E-state index contributed by atoms with van der Waals surface area (Å²) < 4.78 is 5.22. The molecule has 0 aromatic carbocycles. The van der Waals surface area contributed by atoms with Crippen molar-refractivity contribution >= 4 is 11.9 Å². The molecule has 1 fully saturated rings. The first-order valence-corrected chi connectivity index (χ1v) is 5.11. The van der Waals surface area contributed by atoms with Gasteiger partial charge in [0.05, 0.1) is 6.10 Å². The summed E-state index contributed by atoms with van der Waals surface area (Å²) in [5.41, 5.74) is 0. The van der Waals surface area contributed by atoms with Crippen molar-refractivity contribution in [3.63, 3.8) is 0 Å². The summed E-state index contributed by atoms with van der Waals surface area (Å²) in [6, 6.07) is 1.76. The van der Waals surface area contributed by atoms with E-state index >= 15 is 0 Å². The minimum Gasteiger partial charge on any atom is -0.480 e. The normalized spacial score (nSPS) is 20.0. The highest BCUT2D eigenvalue weighted by Gasteiger charge is 2.25. The lowest BCUT2D eigenvalue weighted by atomic mass is 10.3. The molecule has 16 heavy (non-hydrogen) atoms. The Morgan fingerprint density at radius 3 is 3.00 bits per heavy atom. The fraction of sp³-hybridized carbons (Fsp3) is 0.500. The van der Waals surface area contributed by atoms with Gasteiger partial charge < -0.3 is 14.7 Å². The van der Waals surface area contributed by atoms with Crippen LogP contribution in [0.1, 0.15) is 6.42 Å². The second kappa shape index (κ2) is 4.89. The highest BCUT2D eigenvalue weighted by atomic mass is 16.5. The Labute approximate surface area is 92.9 Å². The summed E-state index contributed by atoms with van der Waals surface area (Å²) in [6.45, 7) is 1.21. The maximum absolute atomic E-state index is 10.3. The standard InChI is InChI=1S/C10H13N3O3/c14-9(15)7-16-8-2-5-13(6-8)10-11-3-1-4-12-10/h1,3-4,8H,2,5-7H2,(H,14,15)/t8-/m0/s1. The smallest absolute Gasteiger partial charge is 0.329 e. The van der Waals surface area contributed by atoms with Crippen LogP contribution in [0.5, 0.6) is 0 Å². The molecule has 2 rings (SSSR count). The van der Waals surface area contributed by atoms with E-state index in [2.05, 4.69) is 9.97 Å². The maximum atomic E-state index is 10.3. The van der Waals surface area contributed by atoms with Crippen molar-refractivity contribution in [3.05, 3.63) is 18.5 Å². The molecule has 0 bridgehead atoms. The van der Waals surface area contributed by atoms with Gasteiger partial charge in [-0.25, -0.2) is 14.8 Å². The van der Waals surface area contributed by atoms with E-state index in [1.54, 1.807) is 18.5 Å². The number of carboxylic acid groups (broad SMARTS) is 1. The van der Waals surface area contributed by atoms with Crippen molar-refractivity contribution in [2.75, 3.05) is 24.6 Å². The molecule has 6 heteroatoms. The Morgan fingerprint density at radius 2 is 2.31 bits per heavy atom. The van der Waals surface area contributed by atoms with E-state index in [1.807, 2.05) is 4.90 Å². The quantitative estimate of drug-likeness (QED) is 0.783. The Hall–Kier alpha value is -1.69. The molecule has 1 aromatic rings. The number of ether oxygens (including phenoxy) is 1. The fourth-order valence-corrected chi connectivity index (χ4v) is 1.69. The molecule has 1 saturated heterocycles. The molecule has 1 N–H and O–H groups in total. The number of carboxylic acids is 1. The van der Waals surface area contributed by atoms with Crippen LogP contribution in [0.25, 0.3) is 0 Å². The number of aromatic nitrogens is 2. The highest BCUT2D eigenvalue weighted by molar-refractivity contribution is 5.68. The second-order valence-electron chi connectivity index (χ2n) is 3.61. The van der Waals surface area contributed by atoms with E-state index in [1.165, 1.54) is 0 Å². The monoisotopic (exact) mass is 223 g/mol. The largest absolute Gasteiger partial charge is 0.480 e. The zero-order valence-electron chi connectivity index (χ0n) is 8.74. The van der Waals surface area contributed by atoms with E-state index < -0.39 is 5.97 Å². The van der Waals surface area contributed by atoms with Crippen LogP contribution in [-0.4, -0.2) is 46.8 Å². The molecule has 0 amide bonds. The summed E-state index contributed by atoms with van der Waals surface area (Å²) >= 11 is 0. The average molecular weight is 223 g/mol. The van der Waals surface area contributed by atoms with Gasteiger partial charge in [0.25, 0.3) is 0 Å². The van der Waals surface area contributed by atoms with Crippen LogP contribution in [0.3, 0.4) is 0 Å². The van der Waals surface area contributed by atoms with Crippen LogP contribution in [0.4, 0.5) is 5.95 Å². The van der Waals surface area contributed by atoms with E-state index in [-0.39, 0.29) is 12.7 Å². The molecule has 86 valence electrons. The number of nitrogens with zero attached hydrogens (tertiary/aromatic N) is 3. The zero-order valence-corrected chi connectivity index (χ0v) is 8.74. The van der Waals surface area contributed by atoms with Gasteiger partial charge in [-0.2, -0.15) is 0 Å². The summed E-state index contributed by atoms with van der Waals surface area (Å²) in [5.74, 6) is -0.265. The van der Waals surface area contributed by atoms with Gasteiger partial charge >= 0.3 is 5.97 Å². The molecule has 1 aromatic heterocycles. The lowest BCUT2D eigenvalue weighted by Crippen LogP contribution is -2.25. The Balaban J connectivity index is 1.86. The first-order valence-electron chi connectivity index (χ1n) is 5.11. The Morgan fingerprint density at radius 1 is 1.56 bits per heavy atom. The molecular formula is C10H13N3O3. The van der Waals surface area contributed by atoms with Gasteiger partial charge in [0.1, 0.15) is 6.61 Å². The average Bonchev–Trinajstić information content (AvgIpc) is 2.76. The molecular weight excluding hydrogens is 210 g/mol. The zero-order chi connectivity index (χ0) is 11.4. The van der Waals surface area contributed by atoms with Crippen LogP contribution in [-0.2, 0) is 9.53 Å². The van der Waals surface area contributed by atoms with Gasteiger partial charge in [0.15, 0.2) is 0 Å². The molecule has 1 aliphatic rings. The minimum absolute atomic E-state index is 0.0418. The van der Waals surface area contributed by atoms with E-state index in [9.17, 15) is 4.79 Å². The number of hydrogen-bond donors (Lipinski definition) is 1. The lowest BCUT2D eigenvalue weighted by molar-refractivity contribution is -0.143. The Bertz CT molecular complexity index is 358.